The van der Waals surface area contributed by atoms with E-state index in [0.29, 0.717) is 11.3 Å². The lowest BCUT2D eigenvalue weighted by Crippen LogP contribution is -2.16. The molecular weight excluding hydrogens is 428 g/mol. The number of anilines is 2. The fraction of sp³-hybridized carbons (Fsp3) is 0.167. The van der Waals surface area contributed by atoms with E-state index < -0.39 is 21.9 Å². The first kappa shape index (κ1) is 23.0. The van der Waals surface area contributed by atoms with Crippen LogP contribution in [0.15, 0.2) is 71.6 Å². The van der Waals surface area contributed by atoms with Crippen LogP contribution in [0.2, 0.25) is 0 Å². The van der Waals surface area contributed by atoms with Crippen LogP contribution in [-0.2, 0) is 14.8 Å². The average Bonchev–Trinajstić information content (AvgIpc) is 2.75. The molecule has 0 spiro atoms. The molecule has 0 aliphatic rings. The lowest BCUT2D eigenvalue weighted by molar-refractivity contribution is 0.0526. The van der Waals surface area contributed by atoms with Crippen LogP contribution in [0.3, 0.4) is 0 Å². The van der Waals surface area contributed by atoms with Crippen molar-refractivity contribution in [3.05, 3.63) is 89.0 Å². The van der Waals surface area contributed by atoms with Crippen molar-refractivity contribution >= 4 is 33.3 Å². The summed E-state index contributed by atoms with van der Waals surface area (Å²) in [6, 6.07) is 17.5. The molecule has 2 N–H and O–H groups in total. The van der Waals surface area contributed by atoms with Gasteiger partial charge in [0.1, 0.15) is 0 Å². The van der Waals surface area contributed by atoms with Crippen molar-refractivity contribution in [2.24, 2.45) is 0 Å². The maximum absolute atomic E-state index is 12.8. The number of ether oxygens (including phenoxy) is 1. The third-order valence-electron chi connectivity index (χ3n) is 4.71. The highest BCUT2D eigenvalue weighted by molar-refractivity contribution is 7.92. The first-order chi connectivity index (χ1) is 15.2. The van der Waals surface area contributed by atoms with Gasteiger partial charge in [-0.25, -0.2) is 13.2 Å². The number of carbonyl (C=O) groups is 2. The summed E-state index contributed by atoms with van der Waals surface area (Å²) in [5.74, 6) is -0.916. The highest BCUT2D eigenvalue weighted by Gasteiger charge is 2.16. The Morgan fingerprint density at radius 1 is 0.906 bits per heavy atom. The van der Waals surface area contributed by atoms with Gasteiger partial charge in [0.15, 0.2) is 0 Å². The minimum atomic E-state index is -3.79. The summed E-state index contributed by atoms with van der Waals surface area (Å²) in [4.78, 5) is 24.9. The maximum atomic E-state index is 12.8. The topological polar surface area (TPSA) is 102 Å². The second-order valence-corrected chi connectivity index (χ2v) is 8.89. The first-order valence-corrected chi connectivity index (χ1v) is 11.5. The predicted molar refractivity (Wildman–Crippen MR) is 124 cm³/mol. The Balaban J connectivity index is 1.79. The van der Waals surface area contributed by atoms with Crippen molar-refractivity contribution in [1.82, 2.24) is 0 Å². The van der Waals surface area contributed by atoms with Crippen molar-refractivity contribution in [2.75, 3.05) is 16.6 Å². The summed E-state index contributed by atoms with van der Waals surface area (Å²) in [5, 5.41) is 2.77. The zero-order valence-corrected chi connectivity index (χ0v) is 18.8. The lowest BCUT2D eigenvalue weighted by atomic mass is 10.1. The number of esters is 1. The molecule has 32 heavy (non-hydrogen) atoms. The molecule has 3 aromatic rings. The minimum Gasteiger partial charge on any atom is -0.462 e. The Bertz CT molecular complexity index is 1250. The normalized spacial score (nSPS) is 11.0. The van der Waals surface area contributed by atoms with Gasteiger partial charge >= 0.3 is 5.97 Å². The molecule has 0 heterocycles. The fourth-order valence-electron chi connectivity index (χ4n) is 2.95. The molecule has 8 heteroatoms. The summed E-state index contributed by atoms with van der Waals surface area (Å²) in [6.45, 7) is 5.64. The second-order valence-electron chi connectivity index (χ2n) is 7.20. The third kappa shape index (κ3) is 5.53. The molecule has 0 aliphatic heterocycles. The van der Waals surface area contributed by atoms with Crippen LogP contribution in [0.5, 0.6) is 0 Å². The standard InChI is InChI=1S/C24H24N2O5S/c1-4-31-24(28)19-11-10-17(3)22(15-19)25-23(27)18-6-5-7-20(14-18)26-32(29,30)21-12-8-16(2)9-13-21/h5-15,26H,4H2,1-3H3,(H,25,27). The van der Waals surface area contributed by atoms with Crippen molar-refractivity contribution < 1.29 is 22.7 Å². The number of benzene rings is 3. The molecule has 0 saturated heterocycles. The van der Waals surface area contributed by atoms with Gasteiger partial charge < -0.3 is 10.1 Å². The van der Waals surface area contributed by atoms with Crippen LogP contribution in [0.25, 0.3) is 0 Å². The molecule has 0 radical (unpaired) electrons. The largest absolute Gasteiger partial charge is 0.462 e. The molecule has 0 saturated carbocycles. The van der Waals surface area contributed by atoms with Crippen LogP contribution in [-0.4, -0.2) is 26.9 Å². The summed E-state index contributed by atoms with van der Waals surface area (Å²) in [5.41, 5.74) is 3.02. The van der Waals surface area contributed by atoms with Crippen LogP contribution in [0, 0.1) is 13.8 Å². The van der Waals surface area contributed by atoms with Gasteiger partial charge in [0.05, 0.1) is 17.1 Å². The van der Waals surface area contributed by atoms with Crippen LogP contribution in [0.4, 0.5) is 11.4 Å². The summed E-state index contributed by atoms with van der Waals surface area (Å²) in [6.07, 6.45) is 0. The lowest BCUT2D eigenvalue weighted by Gasteiger charge is -2.12. The van der Waals surface area contributed by atoms with Gasteiger partial charge in [0.25, 0.3) is 15.9 Å². The van der Waals surface area contributed by atoms with E-state index in [2.05, 4.69) is 10.0 Å². The Hall–Kier alpha value is -3.65. The fourth-order valence-corrected chi connectivity index (χ4v) is 4.00. The van der Waals surface area contributed by atoms with Gasteiger partial charge in [-0.15, -0.1) is 0 Å². The van der Waals surface area contributed by atoms with E-state index in [4.69, 9.17) is 4.74 Å². The highest BCUT2D eigenvalue weighted by Crippen LogP contribution is 2.21. The number of sulfonamides is 1. The van der Waals surface area contributed by atoms with E-state index >= 15 is 0 Å². The van der Waals surface area contributed by atoms with Crippen LogP contribution < -0.4 is 10.0 Å². The second kappa shape index (κ2) is 9.65. The number of nitrogens with one attached hydrogen (secondary N) is 2. The van der Waals surface area contributed by atoms with Gasteiger partial charge in [0, 0.05) is 16.9 Å². The Kier molecular flexibility index (Phi) is 6.95. The van der Waals surface area contributed by atoms with Gasteiger partial charge in [-0.1, -0.05) is 29.8 Å². The van der Waals surface area contributed by atoms with E-state index in [9.17, 15) is 18.0 Å². The number of carbonyl (C=O) groups excluding carboxylic acids is 2. The number of rotatable bonds is 7. The van der Waals surface area contributed by atoms with Gasteiger partial charge in [-0.3, -0.25) is 9.52 Å². The summed E-state index contributed by atoms with van der Waals surface area (Å²) >= 11 is 0. The Morgan fingerprint density at radius 2 is 1.62 bits per heavy atom. The van der Waals surface area contributed by atoms with Gasteiger partial charge in [-0.2, -0.15) is 0 Å². The van der Waals surface area contributed by atoms with Crippen LogP contribution >= 0.6 is 0 Å². The third-order valence-corrected chi connectivity index (χ3v) is 6.10. The number of amides is 1. The van der Waals surface area contributed by atoms with E-state index in [-0.39, 0.29) is 22.8 Å². The molecular formula is C24H24N2O5S. The Labute approximate surface area is 187 Å². The highest BCUT2D eigenvalue weighted by atomic mass is 32.2. The summed E-state index contributed by atoms with van der Waals surface area (Å²) < 4.78 is 32.8. The number of hydrogen-bond donors (Lipinski definition) is 2. The molecule has 0 fully saturated rings. The van der Waals surface area contributed by atoms with E-state index in [0.717, 1.165) is 11.1 Å². The molecule has 166 valence electrons. The molecule has 3 aromatic carbocycles. The van der Waals surface area contributed by atoms with Crippen molar-refractivity contribution in [1.29, 1.82) is 0 Å². The minimum absolute atomic E-state index is 0.129. The molecule has 0 aromatic heterocycles. The molecule has 0 atom stereocenters. The van der Waals surface area contributed by atoms with E-state index in [1.165, 1.54) is 18.2 Å². The molecule has 7 nitrogen and oxygen atoms in total. The molecule has 0 aliphatic carbocycles. The maximum Gasteiger partial charge on any atom is 0.338 e. The summed E-state index contributed by atoms with van der Waals surface area (Å²) in [7, 11) is -3.79. The average molecular weight is 453 g/mol. The first-order valence-electron chi connectivity index (χ1n) is 9.98. The van der Waals surface area contributed by atoms with Crippen molar-refractivity contribution in [3.63, 3.8) is 0 Å². The van der Waals surface area contributed by atoms with Crippen molar-refractivity contribution in [2.45, 2.75) is 25.7 Å². The quantitative estimate of drug-likeness (QED) is 0.513. The molecule has 3 rings (SSSR count). The predicted octanol–water partition coefficient (Wildman–Crippen LogP) is 4.53. The van der Waals surface area contributed by atoms with Gasteiger partial charge in [0.2, 0.25) is 0 Å². The SMILES string of the molecule is CCOC(=O)c1ccc(C)c(NC(=O)c2cccc(NS(=O)(=O)c3ccc(C)cc3)c2)c1. The zero-order chi connectivity index (χ0) is 23.3. The number of hydrogen-bond acceptors (Lipinski definition) is 5. The number of aryl methyl sites for hydroxylation is 2. The smallest absolute Gasteiger partial charge is 0.338 e. The van der Waals surface area contributed by atoms with Crippen molar-refractivity contribution in [3.8, 4) is 0 Å². The Morgan fingerprint density at radius 3 is 2.31 bits per heavy atom. The van der Waals surface area contributed by atoms with E-state index in [1.807, 2.05) is 6.92 Å². The molecule has 0 bridgehead atoms. The van der Waals surface area contributed by atoms with Gasteiger partial charge in [-0.05, 0) is 68.8 Å². The molecule has 1 amide bonds. The zero-order valence-electron chi connectivity index (χ0n) is 18.0. The molecule has 0 unspecified atom stereocenters. The van der Waals surface area contributed by atoms with Crippen LogP contribution in [0.1, 0.15) is 38.8 Å². The van der Waals surface area contributed by atoms with E-state index in [1.54, 1.807) is 62.4 Å². The monoisotopic (exact) mass is 452 g/mol.